The molecule has 0 saturated carbocycles. The van der Waals surface area contributed by atoms with E-state index in [0.717, 1.165) is 6.42 Å². The van der Waals surface area contributed by atoms with Crippen molar-refractivity contribution in [1.29, 1.82) is 0 Å². The number of amides is 3. The molecule has 1 aliphatic rings. The Kier molecular flexibility index (Phi) is 8.06. The second-order valence-corrected chi connectivity index (χ2v) is 6.86. The lowest BCUT2D eigenvalue weighted by Gasteiger charge is -2.34. The third kappa shape index (κ3) is 8.14. The summed E-state index contributed by atoms with van der Waals surface area (Å²) in [5.74, 6) is -0.208. The molecule has 0 bridgehead atoms. The van der Waals surface area contributed by atoms with E-state index in [2.05, 4.69) is 20.4 Å². The van der Waals surface area contributed by atoms with Crippen LogP contribution in [0.1, 0.15) is 20.3 Å². The summed E-state index contributed by atoms with van der Waals surface area (Å²) in [6.07, 6.45) is -2.34. The first-order chi connectivity index (χ1) is 13.7. The van der Waals surface area contributed by atoms with Crippen molar-refractivity contribution >= 4 is 17.6 Å². The molecule has 162 valence electrons. The highest BCUT2D eigenvalue weighted by Crippen LogP contribution is 2.18. The molecule has 2 heterocycles. The largest absolute Gasteiger partial charge is 0.468 e. The highest BCUT2D eigenvalue weighted by molar-refractivity contribution is 5.89. The maximum absolute atomic E-state index is 12.3. The first-order valence-electron chi connectivity index (χ1n) is 9.39. The van der Waals surface area contributed by atoms with E-state index < -0.39 is 12.8 Å². The zero-order chi connectivity index (χ0) is 21.4. The number of rotatable bonds is 7. The number of hydrogen-bond acceptors (Lipinski definition) is 5. The monoisotopic (exact) mass is 417 g/mol. The molecule has 1 atom stereocenters. The fourth-order valence-corrected chi connectivity index (χ4v) is 2.63. The molecule has 1 fully saturated rings. The zero-order valence-electron chi connectivity index (χ0n) is 16.5. The summed E-state index contributed by atoms with van der Waals surface area (Å²) >= 11 is 0. The summed E-state index contributed by atoms with van der Waals surface area (Å²) in [5, 5.41) is 5.56. The maximum atomic E-state index is 12.3. The summed E-state index contributed by atoms with van der Waals surface area (Å²) in [6.45, 7) is 4.89. The number of carbonyl (C=O) groups excluding carboxylic acids is 2. The number of nitrogens with zero attached hydrogens (tertiary/aromatic N) is 3. The van der Waals surface area contributed by atoms with Crippen molar-refractivity contribution in [3.63, 3.8) is 0 Å². The third-order valence-corrected chi connectivity index (χ3v) is 4.42. The minimum absolute atomic E-state index is 0.0313. The van der Waals surface area contributed by atoms with E-state index in [1.165, 1.54) is 18.3 Å². The maximum Gasteiger partial charge on any atom is 0.422 e. The zero-order valence-corrected chi connectivity index (χ0v) is 16.5. The second kappa shape index (κ2) is 10.3. The van der Waals surface area contributed by atoms with Crippen molar-refractivity contribution in [2.75, 3.05) is 44.6 Å². The molecule has 0 unspecified atom stereocenters. The van der Waals surface area contributed by atoms with Crippen molar-refractivity contribution in [2.24, 2.45) is 0 Å². The predicted octanol–water partition coefficient (Wildman–Crippen LogP) is 2.09. The molecular weight excluding hydrogens is 391 g/mol. The average Bonchev–Trinajstić information content (AvgIpc) is 2.67. The van der Waals surface area contributed by atoms with Crippen molar-refractivity contribution in [1.82, 2.24) is 20.1 Å². The number of pyridine rings is 1. The van der Waals surface area contributed by atoms with Crippen molar-refractivity contribution < 1.29 is 27.5 Å². The van der Waals surface area contributed by atoms with Gasteiger partial charge in [0.1, 0.15) is 0 Å². The number of ether oxygens (including phenoxy) is 1. The molecule has 2 N–H and O–H groups in total. The van der Waals surface area contributed by atoms with Crippen molar-refractivity contribution in [3.8, 4) is 5.88 Å². The molecule has 3 amide bonds. The minimum Gasteiger partial charge on any atom is -0.468 e. The van der Waals surface area contributed by atoms with Gasteiger partial charge < -0.3 is 20.3 Å². The Morgan fingerprint density at radius 2 is 1.93 bits per heavy atom. The van der Waals surface area contributed by atoms with Crippen LogP contribution in [-0.4, -0.2) is 78.3 Å². The summed E-state index contributed by atoms with van der Waals surface area (Å²) < 4.78 is 40.9. The smallest absolute Gasteiger partial charge is 0.422 e. The Bertz CT molecular complexity index is 676. The van der Waals surface area contributed by atoms with Crippen molar-refractivity contribution in [2.45, 2.75) is 32.5 Å². The van der Waals surface area contributed by atoms with Crippen LogP contribution in [0.5, 0.6) is 5.88 Å². The van der Waals surface area contributed by atoms with E-state index in [0.29, 0.717) is 38.4 Å². The normalized spacial score (nSPS) is 16.2. The lowest BCUT2D eigenvalue weighted by atomic mass is 10.2. The summed E-state index contributed by atoms with van der Waals surface area (Å²) in [5.41, 5.74) is 0.352. The number of halogens is 3. The first kappa shape index (κ1) is 22.7. The highest BCUT2D eigenvalue weighted by Gasteiger charge is 2.28. The first-order valence-corrected chi connectivity index (χ1v) is 9.39. The van der Waals surface area contributed by atoms with Gasteiger partial charge in [0.05, 0.1) is 18.4 Å². The Hall–Kier alpha value is -2.56. The van der Waals surface area contributed by atoms with Crippen LogP contribution in [0.15, 0.2) is 18.3 Å². The Balaban J connectivity index is 1.74. The average molecular weight is 417 g/mol. The summed E-state index contributed by atoms with van der Waals surface area (Å²) in [6, 6.07) is 2.48. The van der Waals surface area contributed by atoms with Crippen LogP contribution in [0.2, 0.25) is 0 Å². The van der Waals surface area contributed by atoms with Gasteiger partial charge in [0.2, 0.25) is 11.8 Å². The van der Waals surface area contributed by atoms with Gasteiger partial charge in [0.25, 0.3) is 0 Å². The standard InChI is InChI=1S/C18H26F3N5O3/c1-3-13(2)23-15(27)11-25-6-8-26(9-7-25)17(28)24-14-4-5-16(22-10-14)29-12-18(19,20)21/h4-5,10,13H,3,6-9,11-12H2,1-2H3,(H,23,27)(H,24,28)/t13-/m0/s1. The van der Waals surface area contributed by atoms with Crippen LogP contribution < -0.4 is 15.4 Å². The van der Waals surface area contributed by atoms with Crippen LogP contribution in [0.4, 0.5) is 23.7 Å². The molecule has 1 aromatic heterocycles. The Labute approximate surface area is 167 Å². The van der Waals surface area contributed by atoms with E-state index in [1.54, 1.807) is 4.90 Å². The topological polar surface area (TPSA) is 86.8 Å². The number of urea groups is 1. The van der Waals surface area contributed by atoms with Gasteiger partial charge in [0.15, 0.2) is 6.61 Å². The number of carbonyl (C=O) groups is 2. The molecule has 0 spiro atoms. The van der Waals surface area contributed by atoms with Crippen LogP contribution in [0, 0.1) is 0 Å². The highest BCUT2D eigenvalue weighted by atomic mass is 19.4. The number of hydrogen-bond donors (Lipinski definition) is 2. The third-order valence-electron chi connectivity index (χ3n) is 4.42. The number of piperazine rings is 1. The van der Waals surface area contributed by atoms with Gasteiger partial charge in [0, 0.05) is 38.3 Å². The molecule has 1 aliphatic heterocycles. The molecule has 0 radical (unpaired) electrons. The molecule has 8 nitrogen and oxygen atoms in total. The number of aromatic nitrogens is 1. The van der Waals surface area contributed by atoms with Crippen LogP contribution in [0.25, 0.3) is 0 Å². The fourth-order valence-electron chi connectivity index (χ4n) is 2.63. The van der Waals surface area contributed by atoms with E-state index >= 15 is 0 Å². The number of anilines is 1. The molecular formula is C18H26F3N5O3. The van der Waals surface area contributed by atoms with Gasteiger partial charge in [-0.15, -0.1) is 0 Å². The second-order valence-electron chi connectivity index (χ2n) is 6.86. The Morgan fingerprint density at radius 1 is 1.24 bits per heavy atom. The van der Waals surface area contributed by atoms with Gasteiger partial charge in [-0.2, -0.15) is 13.2 Å². The quantitative estimate of drug-likeness (QED) is 0.710. The van der Waals surface area contributed by atoms with Gasteiger partial charge in [-0.1, -0.05) is 6.92 Å². The molecule has 1 aromatic rings. The van der Waals surface area contributed by atoms with E-state index in [4.69, 9.17) is 0 Å². The van der Waals surface area contributed by atoms with Crippen LogP contribution in [-0.2, 0) is 4.79 Å². The van der Waals surface area contributed by atoms with Gasteiger partial charge in [-0.25, -0.2) is 9.78 Å². The van der Waals surface area contributed by atoms with Crippen molar-refractivity contribution in [3.05, 3.63) is 18.3 Å². The molecule has 29 heavy (non-hydrogen) atoms. The lowest BCUT2D eigenvalue weighted by molar-refractivity contribution is -0.154. The van der Waals surface area contributed by atoms with E-state index in [1.807, 2.05) is 18.7 Å². The molecule has 11 heteroatoms. The summed E-state index contributed by atoms with van der Waals surface area (Å²) in [4.78, 5) is 31.6. The van der Waals surface area contributed by atoms with E-state index in [9.17, 15) is 22.8 Å². The van der Waals surface area contributed by atoms with Gasteiger partial charge >= 0.3 is 12.2 Å². The predicted molar refractivity (Wildman–Crippen MR) is 101 cm³/mol. The van der Waals surface area contributed by atoms with Crippen LogP contribution >= 0.6 is 0 Å². The minimum atomic E-state index is -4.44. The van der Waals surface area contributed by atoms with E-state index in [-0.39, 0.29) is 23.9 Å². The van der Waals surface area contributed by atoms with Crippen LogP contribution in [0.3, 0.4) is 0 Å². The van der Waals surface area contributed by atoms with Gasteiger partial charge in [-0.3, -0.25) is 9.69 Å². The molecule has 1 saturated heterocycles. The molecule has 2 rings (SSSR count). The lowest BCUT2D eigenvalue weighted by Crippen LogP contribution is -2.52. The molecule has 0 aliphatic carbocycles. The fraction of sp³-hybridized carbons (Fsp3) is 0.611. The number of alkyl halides is 3. The number of nitrogens with one attached hydrogen (secondary N) is 2. The summed E-state index contributed by atoms with van der Waals surface area (Å²) in [7, 11) is 0. The molecule has 0 aromatic carbocycles. The SMILES string of the molecule is CC[C@H](C)NC(=O)CN1CCN(C(=O)Nc2ccc(OCC(F)(F)F)nc2)CC1. The van der Waals surface area contributed by atoms with Gasteiger partial charge in [-0.05, 0) is 19.4 Å². The Morgan fingerprint density at radius 3 is 2.48 bits per heavy atom.